The fraction of sp³-hybridized carbons (Fsp3) is 0.647. The van der Waals surface area contributed by atoms with Gasteiger partial charge in [-0.3, -0.25) is 0 Å². The van der Waals surface area contributed by atoms with Gasteiger partial charge in [0.25, 0.3) is 0 Å². The van der Waals surface area contributed by atoms with Crippen LogP contribution in [0.25, 0.3) is 0 Å². The molecule has 1 aliphatic heterocycles. The number of halogens is 1. The molecule has 2 rings (SSSR count). The Hall–Kier alpha value is -0.930. The van der Waals surface area contributed by atoms with Crippen molar-refractivity contribution in [3.05, 3.63) is 35.1 Å². The highest BCUT2D eigenvalue weighted by molar-refractivity contribution is 5.28. The second-order valence-electron chi connectivity index (χ2n) is 6.04. The van der Waals surface area contributed by atoms with Crippen molar-refractivity contribution in [1.29, 1.82) is 0 Å². The third kappa shape index (κ3) is 4.03. The van der Waals surface area contributed by atoms with Gasteiger partial charge in [0.05, 0.1) is 0 Å². The smallest absolute Gasteiger partial charge is 0.123 e. The Morgan fingerprint density at radius 2 is 2.05 bits per heavy atom. The molecule has 0 radical (unpaired) electrons. The summed E-state index contributed by atoms with van der Waals surface area (Å²) in [6.45, 7) is 7.97. The van der Waals surface area contributed by atoms with E-state index in [4.69, 9.17) is 4.74 Å². The van der Waals surface area contributed by atoms with Crippen molar-refractivity contribution in [2.45, 2.75) is 39.5 Å². The summed E-state index contributed by atoms with van der Waals surface area (Å²) < 4.78 is 18.8. The van der Waals surface area contributed by atoms with Crippen LogP contribution in [-0.4, -0.2) is 26.3 Å². The Labute approximate surface area is 121 Å². The molecule has 1 saturated heterocycles. The van der Waals surface area contributed by atoms with Crippen LogP contribution in [0.2, 0.25) is 0 Å². The van der Waals surface area contributed by atoms with Crippen LogP contribution in [0.15, 0.2) is 18.2 Å². The lowest BCUT2D eigenvalue weighted by Gasteiger charge is -2.38. The number of aryl methyl sites for hydroxylation is 1. The van der Waals surface area contributed by atoms with Crippen molar-refractivity contribution in [2.24, 2.45) is 5.41 Å². The van der Waals surface area contributed by atoms with Crippen molar-refractivity contribution < 1.29 is 9.13 Å². The molecule has 0 aliphatic carbocycles. The Morgan fingerprint density at radius 1 is 1.30 bits per heavy atom. The van der Waals surface area contributed by atoms with E-state index in [1.165, 1.54) is 5.56 Å². The average Bonchev–Trinajstić information content (AvgIpc) is 2.44. The molecule has 1 fully saturated rings. The van der Waals surface area contributed by atoms with Gasteiger partial charge in [-0.25, -0.2) is 4.39 Å². The van der Waals surface area contributed by atoms with E-state index in [0.29, 0.717) is 0 Å². The van der Waals surface area contributed by atoms with Crippen molar-refractivity contribution in [1.82, 2.24) is 5.32 Å². The predicted molar refractivity (Wildman–Crippen MR) is 80.5 cm³/mol. The first kappa shape index (κ1) is 15.5. The lowest BCUT2D eigenvalue weighted by Crippen LogP contribution is -2.41. The molecule has 20 heavy (non-hydrogen) atoms. The number of nitrogens with one attached hydrogen (secondary N) is 1. The molecule has 0 unspecified atom stereocenters. The van der Waals surface area contributed by atoms with Crippen molar-refractivity contribution in [3.63, 3.8) is 0 Å². The zero-order valence-corrected chi connectivity index (χ0v) is 12.7. The highest BCUT2D eigenvalue weighted by atomic mass is 19.1. The van der Waals surface area contributed by atoms with Gasteiger partial charge in [0.1, 0.15) is 5.82 Å². The minimum absolute atomic E-state index is 0.142. The van der Waals surface area contributed by atoms with E-state index in [9.17, 15) is 4.39 Å². The number of hydrogen-bond donors (Lipinski definition) is 1. The van der Waals surface area contributed by atoms with Gasteiger partial charge in [-0.1, -0.05) is 13.0 Å². The SMILES string of the molecule is CCCNCC1(Cc2ccc(F)cc2C)CCOCC1. The maximum absolute atomic E-state index is 13.2. The van der Waals surface area contributed by atoms with Crippen LogP contribution in [0.3, 0.4) is 0 Å². The van der Waals surface area contributed by atoms with Gasteiger partial charge in [0.15, 0.2) is 0 Å². The van der Waals surface area contributed by atoms with Crippen molar-refractivity contribution in [3.8, 4) is 0 Å². The molecule has 1 heterocycles. The zero-order chi connectivity index (χ0) is 14.4. The van der Waals surface area contributed by atoms with E-state index >= 15 is 0 Å². The third-order valence-corrected chi connectivity index (χ3v) is 4.35. The van der Waals surface area contributed by atoms with Crippen LogP contribution in [-0.2, 0) is 11.2 Å². The van der Waals surface area contributed by atoms with Gasteiger partial charge >= 0.3 is 0 Å². The first-order valence-corrected chi connectivity index (χ1v) is 7.69. The fourth-order valence-corrected chi connectivity index (χ4v) is 3.01. The number of rotatable bonds is 6. The molecule has 1 aliphatic rings. The third-order valence-electron chi connectivity index (χ3n) is 4.35. The van der Waals surface area contributed by atoms with Gasteiger partial charge < -0.3 is 10.1 Å². The van der Waals surface area contributed by atoms with Crippen LogP contribution in [0.1, 0.15) is 37.3 Å². The topological polar surface area (TPSA) is 21.3 Å². The van der Waals surface area contributed by atoms with Crippen molar-refractivity contribution >= 4 is 0 Å². The first-order chi connectivity index (χ1) is 9.65. The normalized spacial score (nSPS) is 18.1. The van der Waals surface area contributed by atoms with Gasteiger partial charge in [-0.05, 0) is 67.8 Å². The quantitative estimate of drug-likeness (QED) is 0.805. The first-order valence-electron chi connectivity index (χ1n) is 7.69. The molecule has 0 aromatic heterocycles. The van der Waals surface area contributed by atoms with E-state index in [1.807, 2.05) is 13.0 Å². The summed E-state index contributed by atoms with van der Waals surface area (Å²) in [5.41, 5.74) is 2.59. The molecule has 1 aromatic rings. The molecule has 0 spiro atoms. The highest BCUT2D eigenvalue weighted by Crippen LogP contribution is 2.34. The fourth-order valence-electron chi connectivity index (χ4n) is 3.01. The Bertz CT molecular complexity index is 427. The molecule has 112 valence electrons. The molecular formula is C17H26FNO. The molecule has 1 N–H and O–H groups in total. The number of benzene rings is 1. The lowest BCUT2D eigenvalue weighted by molar-refractivity contribution is 0.0149. The van der Waals surface area contributed by atoms with E-state index in [-0.39, 0.29) is 11.2 Å². The highest BCUT2D eigenvalue weighted by Gasteiger charge is 2.32. The molecule has 3 heteroatoms. The van der Waals surface area contributed by atoms with E-state index in [0.717, 1.165) is 57.6 Å². The summed E-state index contributed by atoms with van der Waals surface area (Å²) in [6.07, 6.45) is 4.34. The number of ether oxygens (including phenoxy) is 1. The van der Waals surface area contributed by atoms with Crippen LogP contribution >= 0.6 is 0 Å². The lowest BCUT2D eigenvalue weighted by atomic mass is 9.74. The van der Waals surface area contributed by atoms with Crippen LogP contribution in [0, 0.1) is 18.2 Å². The van der Waals surface area contributed by atoms with E-state index < -0.39 is 0 Å². The van der Waals surface area contributed by atoms with Crippen LogP contribution in [0.5, 0.6) is 0 Å². The number of hydrogen-bond acceptors (Lipinski definition) is 2. The molecule has 0 bridgehead atoms. The van der Waals surface area contributed by atoms with Crippen LogP contribution < -0.4 is 5.32 Å². The predicted octanol–water partition coefficient (Wildman–Crippen LogP) is 3.47. The van der Waals surface area contributed by atoms with Crippen LogP contribution in [0.4, 0.5) is 4.39 Å². The van der Waals surface area contributed by atoms with Crippen molar-refractivity contribution in [2.75, 3.05) is 26.3 Å². The maximum Gasteiger partial charge on any atom is 0.123 e. The molecule has 0 amide bonds. The van der Waals surface area contributed by atoms with E-state index in [1.54, 1.807) is 12.1 Å². The van der Waals surface area contributed by atoms with Gasteiger partial charge in [-0.15, -0.1) is 0 Å². The molecular weight excluding hydrogens is 253 g/mol. The second-order valence-corrected chi connectivity index (χ2v) is 6.04. The average molecular weight is 279 g/mol. The molecule has 1 aromatic carbocycles. The summed E-state index contributed by atoms with van der Waals surface area (Å²) in [4.78, 5) is 0. The van der Waals surface area contributed by atoms with Gasteiger partial charge in [0.2, 0.25) is 0 Å². The zero-order valence-electron chi connectivity index (χ0n) is 12.7. The second kappa shape index (κ2) is 7.19. The standard InChI is InChI=1S/C17H26FNO/c1-3-8-19-13-17(6-9-20-10-7-17)12-15-4-5-16(18)11-14(15)2/h4-5,11,19H,3,6-10,12-13H2,1-2H3. The molecule has 2 nitrogen and oxygen atoms in total. The molecule has 0 atom stereocenters. The van der Waals surface area contributed by atoms with E-state index in [2.05, 4.69) is 12.2 Å². The summed E-state index contributed by atoms with van der Waals surface area (Å²) in [7, 11) is 0. The Morgan fingerprint density at radius 3 is 2.70 bits per heavy atom. The Balaban J connectivity index is 2.10. The summed E-state index contributed by atoms with van der Waals surface area (Å²) in [5.74, 6) is -0.142. The van der Waals surface area contributed by atoms with Gasteiger partial charge in [0, 0.05) is 19.8 Å². The van der Waals surface area contributed by atoms with Gasteiger partial charge in [-0.2, -0.15) is 0 Å². The monoisotopic (exact) mass is 279 g/mol. The Kier molecular flexibility index (Phi) is 5.55. The maximum atomic E-state index is 13.2. The minimum atomic E-state index is -0.142. The summed E-state index contributed by atoms with van der Waals surface area (Å²) in [5, 5.41) is 3.57. The largest absolute Gasteiger partial charge is 0.381 e. The minimum Gasteiger partial charge on any atom is -0.381 e. The summed E-state index contributed by atoms with van der Waals surface area (Å²) >= 11 is 0. The molecule has 0 saturated carbocycles. The summed E-state index contributed by atoms with van der Waals surface area (Å²) in [6, 6.07) is 5.17.